The lowest BCUT2D eigenvalue weighted by Gasteiger charge is -2.37. The molecule has 0 spiro atoms. The maximum atomic E-state index is 13.0. The molecule has 1 atom stereocenters. The molecule has 1 aromatic rings. The van der Waals surface area contributed by atoms with E-state index in [1.54, 1.807) is 6.92 Å². The summed E-state index contributed by atoms with van der Waals surface area (Å²) < 4.78 is 0. The van der Waals surface area contributed by atoms with Gasteiger partial charge in [0.05, 0.1) is 6.10 Å². The van der Waals surface area contributed by atoms with E-state index in [9.17, 15) is 9.90 Å². The van der Waals surface area contributed by atoms with Crippen LogP contribution in [0.25, 0.3) is 0 Å². The van der Waals surface area contributed by atoms with Crippen molar-refractivity contribution in [1.29, 1.82) is 0 Å². The molecule has 2 fully saturated rings. The van der Waals surface area contributed by atoms with E-state index in [-0.39, 0.29) is 12.5 Å². The molecule has 2 aliphatic carbocycles. The third-order valence-electron chi connectivity index (χ3n) is 5.56. The van der Waals surface area contributed by atoms with E-state index in [2.05, 4.69) is 4.90 Å². The molecule has 2 saturated carbocycles. The van der Waals surface area contributed by atoms with Crippen LogP contribution in [0.5, 0.6) is 0 Å². The van der Waals surface area contributed by atoms with Crippen molar-refractivity contribution in [2.75, 3.05) is 6.61 Å². The average molecular weight is 331 g/mol. The number of aliphatic hydroxyl groups is 2. The number of carbonyl (C=O) groups excluding carboxylic acids is 1. The smallest absolute Gasteiger partial charge is 0.254 e. The second-order valence-electron chi connectivity index (χ2n) is 7.43. The van der Waals surface area contributed by atoms with Crippen LogP contribution in [-0.4, -0.2) is 39.7 Å². The first-order chi connectivity index (χ1) is 11.6. The van der Waals surface area contributed by atoms with Crippen LogP contribution >= 0.6 is 0 Å². The Bertz CT molecular complexity index is 543. The van der Waals surface area contributed by atoms with E-state index in [0.29, 0.717) is 18.0 Å². The number of aliphatic hydroxyl groups excluding tert-OH is 2. The molecule has 4 heteroatoms. The highest BCUT2D eigenvalue weighted by Crippen LogP contribution is 2.37. The Morgan fingerprint density at radius 1 is 1.08 bits per heavy atom. The minimum atomic E-state index is -0.504. The lowest BCUT2D eigenvalue weighted by Crippen LogP contribution is -2.44. The molecule has 24 heavy (non-hydrogen) atoms. The van der Waals surface area contributed by atoms with Crippen LogP contribution < -0.4 is 0 Å². The molecule has 2 N–H and O–H groups in total. The van der Waals surface area contributed by atoms with Gasteiger partial charge in [-0.25, -0.2) is 0 Å². The van der Waals surface area contributed by atoms with Crippen molar-refractivity contribution >= 4 is 5.91 Å². The number of hydrogen-bond acceptors (Lipinski definition) is 3. The summed E-state index contributed by atoms with van der Waals surface area (Å²) in [5, 5.41) is 18.7. The van der Waals surface area contributed by atoms with E-state index < -0.39 is 6.10 Å². The lowest BCUT2D eigenvalue weighted by atomic mass is 9.83. The van der Waals surface area contributed by atoms with Crippen LogP contribution in [0.4, 0.5) is 0 Å². The molecule has 0 aliphatic heterocycles. The maximum absolute atomic E-state index is 13.0. The molecular formula is C20H29NO3. The molecule has 0 radical (unpaired) electrons. The van der Waals surface area contributed by atoms with Gasteiger partial charge in [-0.1, -0.05) is 12.1 Å². The first-order valence-corrected chi connectivity index (χ1v) is 9.31. The van der Waals surface area contributed by atoms with Gasteiger partial charge in [-0.2, -0.15) is 0 Å². The van der Waals surface area contributed by atoms with Crippen molar-refractivity contribution in [2.24, 2.45) is 5.92 Å². The summed E-state index contributed by atoms with van der Waals surface area (Å²) in [5.74, 6) is 0.757. The van der Waals surface area contributed by atoms with Crippen LogP contribution in [0, 0.1) is 5.92 Å². The first-order valence-electron chi connectivity index (χ1n) is 9.31. The lowest BCUT2D eigenvalue weighted by molar-refractivity contribution is 0.0578. The maximum Gasteiger partial charge on any atom is 0.254 e. The number of nitrogens with zero attached hydrogens (tertiary/aromatic N) is 1. The van der Waals surface area contributed by atoms with E-state index >= 15 is 0 Å². The van der Waals surface area contributed by atoms with E-state index in [1.165, 1.54) is 0 Å². The minimum Gasteiger partial charge on any atom is -0.396 e. The Balaban J connectivity index is 1.68. The predicted molar refractivity (Wildman–Crippen MR) is 93.7 cm³/mol. The molecule has 0 heterocycles. The largest absolute Gasteiger partial charge is 0.396 e. The molecule has 0 unspecified atom stereocenters. The Morgan fingerprint density at radius 3 is 2.08 bits per heavy atom. The van der Waals surface area contributed by atoms with Crippen molar-refractivity contribution in [2.45, 2.75) is 70.1 Å². The van der Waals surface area contributed by atoms with Crippen molar-refractivity contribution in [3.05, 3.63) is 35.4 Å². The third kappa shape index (κ3) is 3.98. The molecule has 1 aromatic carbocycles. The number of hydrogen-bond donors (Lipinski definition) is 2. The van der Waals surface area contributed by atoms with E-state index in [1.807, 2.05) is 24.3 Å². The van der Waals surface area contributed by atoms with Crippen LogP contribution in [-0.2, 0) is 0 Å². The fraction of sp³-hybridized carbons (Fsp3) is 0.650. The molecule has 0 bridgehead atoms. The second-order valence-corrected chi connectivity index (χ2v) is 7.43. The zero-order valence-electron chi connectivity index (χ0n) is 14.5. The van der Waals surface area contributed by atoms with Gasteiger partial charge in [0.15, 0.2) is 0 Å². The predicted octanol–water partition coefficient (Wildman–Crippen LogP) is 3.29. The minimum absolute atomic E-state index is 0.139. The molecule has 1 amide bonds. The van der Waals surface area contributed by atoms with Crippen molar-refractivity contribution in [1.82, 2.24) is 4.90 Å². The van der Waals surface area contributed by atoms with E-state index in [0.717, 1.165) is 56.1 Å². The second kappa shape index (κ2) is 7.66. The van der Waals surface area contributed by atoms with Gasteiger partial charge in [-0.15, -0.1) is 0 Å². The Labute approximate surface area is 144 Å². The van der Waals surface area contributed by atoms with Crippen molar-refractivity contribution in [3.63, 3.8) is 0 Å². The number of rotatable bonds is 6. The van der Waals surface area contributed by atoms with Gasteiger partial charge in [0.1, 0.15) is 0 Å². The SMILES string of the molecule is C[C@@H](O)c1ccc(C(=O)N(C2CCC(CCO)CC2)C2CC2)cc1. The molecule has 3 rings (SSSR count). The number of amides is 1. The van der Waals surface area contributed by atoms with E-state index in [4.69, 9.17) is 5.11 Å². The monoisotopic (exact) mass is 331 g/mol. The highest BCUT2D eigenvalue weighted by molar-refractivity contribution is 5.95. The summed E-state index contributed by atoms with van der Waals surface area (Å²) in [7, 11) is 0. The fourth-order valence-electron chi connectivity index (χ4n) is 3.93. The molecule has 2 aliphatic rings. The normalized spacial score (nSPS) is 25.3. The van der Waals surface area contributed by atoms with Gasteiger partial charge in [0, 0.05) is 24.3 Å². The summed E-state index contributed by atoms with van der Waals surface area (Å²) in [6.45, 7) is 2.01. The standard InChI is InChI=1S/C20H29NO3/c1-14(23)16-4-6-17(7-5-16)20(24)21(19-10-11-19)18-8-2-15(3-9-18)12-13-22/h4-7,14-15,18-19,22-23H,2-3,8-13H2,1H3/t14-,15?,18?/m1/s1. The molecular weight excluding hydrogens is 302 g/mol. The highest BCUT2D eigenvalue weighted by atomic mass is 16.3. The van der Waals surface area contributed by atoms with Crippen molar-refractivity contribution < 1.29 is 15.0 Å². The van der Waals surface area contributed by atoms with Gasteiger partial charge < -0.3 is 15.1 Å². The quantitative estimate of drug-likeness (QED) is 0.841. The molecule has 0 aromatic heterocycles. The summed E-state index contributed by atoms with van der Waals surface area (Å²) in [6, 6.07) is 8.14. The van der Waals surface area contributed by atoms with Gasteiger partial charge in [-0.05, 0) is 75.5 Å². The summed E-state index contributed by atoms with van der Waals surface area (Å²) in [5.41, 5.74) is 1.57. The molecule has 132 valence electrons. The Hall–Kier alpha value is -1.39. The summed E-state index contributed by atoms with van der Waals surface area (Å²) in [6.07, 6.45) is 6.96. The third-order valence-corrected chi connectivity index (χ3v) is 5.56. The topological polar surface area (TPSA) is 60.8 Å². The fourth-order valence-corrected chi connectivity index (χ4v) is 3.93. The van der Waals surface area contributed by atoms with Gasteiger partial charge in [-0.3, -0.25) is 4.79 Å². The Kier molecular flexibility index (Phi) is 5.57. The van der Waals surface area contributed by atoms with Crippen LogP contribution in [0.3, 0.4) is 0 Å². The van der Waals surface area contributed by atoms with Gasteiger partial charge in [0.2, 0.25) is 0 Å². The highest BCUT2D eigenvalue weighted by Gasteiger charge is 2.39. The number of carbonyl (C=O) groups is 1. The average Bonchev–Trinajstić information content (AvgIpc) is 3.42. The summed E-state index contributed by atoms with van der Waals surface area (Å²) >= 11 is 0. The number of benzene rings is 1. The van der Waals surface area contributed by atoms with Gasteiger partial charge in [0.25, 0.3) is 5.91 Å². The Morgan fingerprint density at radius 2 is 1.62 bits per heavy atom. The van der Waals surface area contributed by atoms with Crippen molar-refractivity contribution in [3.8, 4) is 0 Å². The zero-order valence-corrected chi connectivity index (χ0v) is 14.5. The van der Waals surface area contributed by atoms with Crippen LogP contribution in [0.15, 0.2) is 24.3 Å². The first kappa shape index (κ1) is 17.4. The molecule has 4 nitrogen and oxygen atoms in total. The zero-order chi connectivity index (χ0) is 17.1. The van der Waals surface area contributed by atoms with Crippen LogP contribution in [0.2, 0.25) is 0 Å². The summed E-state index contributed by atoms with van der Waals surface area (Å²) in [4.78, 5) is 15.2. The van der Waals surface area contributed by atoms with Crippen LogP contribution in [0.1, 0.15) is 73.9 Å². The van der Waals surface area contributed by atoms with Gasteiger partial charge >= 0.3 is 0 Å². The molecule has 0 saturated heterocycles.